The summed E-state index contributed by atoms with van der Waals surface area (Å²) in [5, 5.41) is 23.9. The van der Waals surface area contributed by atoms with Gasteiger partial charge in [0, 0.05) is 26.2 Å². The number of hydrogen-bond acceptors (Lipinski definition) is 14. The van der Waals surface area contributed by atoms with Crippen LogP contribution in [0.25, 0.3) is 0 Å². The third-order valence-electron chi connectivity index (χ3n) is 7.06. The fourth-order valence-corrected chi connectivity index (χ4v) is 6.04. The van der Waals surface area contributed by atoms with Crippen molar-refractivity contribution in [1.82, 2.24) is 20.1 Å². The summed E-state index contributed by atoms with van der Waals surface area (Å²) < 4.78 is 85.7. The molecule has 0 unspecified atom stereocenters. The van der Waals surface area contributed by atoms with Crippen LogP contribution in [0.15, 0.2) is 58.3 Å². The molecule has 18 nitrogen and oxygen atoms in total. The Labute approximate surface area is 310 Å². The molecule has 0 spiro atoms. The van der Waals surface area contributed by atoms with Gasteiger partial charge >= 0.3 is 0 Å². The Morgan fingerprint density at radius 3 is 1.06 bits per heavy atom. The van der Waals surface area contributed by atoms with E-state index in [1.54, 1.807) is 0 Å². The maximum atomic E-state index is 12.6. The van der Waals surface area contributed by atoms with Crippen LogP contribution in [0.4, 0.5) is 0 Å². The molecule has 0 saturated heterocycles. The minimum Gasteiger partial charge on any atom is -0.508 e. The van der Waals surface area contributed by atoms with Crippen molar-refractivity contribution in [3.8, 4) is 11.5 Å². The summed E-state index contributed by atoms with van der Waals surface area (Å²) in [6.07, 6.45) is 0. The molecular formula is C33H52N4O14S2. The summed E-state index contributed by atoms with van der Waals surface area (Å²) in [7, 11) is -7.37. The van der Waals surface area contributed by atoms with E-state index >= 15 is 0 Å². The van der Waals surface area contributed by atoms with Crippen molar-refractivity contribution in [2.75, 3.05) is 105 Å². The van der Waals surface area contributed by atoms with E-state index in [1.807, 2.05) is 0 Å². The zero-order valence-electron chi connectivity index (χ0n) is 30.0. The van der Waals surface area contributed by atoms with Crippen LogP contribution in [0.3, 0.4) is 0 Å². The van der Waals surface area contributed by atoms with Crippen molar-refractivity contribution in [3.63, 3.8) is 0 Å². The predicted molar refractivity (Wildman–Crippen MR) is 191 cm³/mol. The maximum Gasteiger partial charge on any atom is 0.240 e. The van der Waals surface area contributed by atoms with E-state index < -0.39 is 37.3 Å². The fourth-order valence-electron chi connectivity index (χ4n) is 4.02. The Morgan fingerprint density at radius 2 is 0.755 bits per heavy atom. The molecule has 0 aliphatic rings. The molecule has 0 saturated carbocycles. The number of hydrogen-bond donors (Lipinski definition) is 6. The van der Waals surface area contributed by atoms with Gasteiger partial charge in [0.2, 0.25) is 31.9 Å². The third kappa shape index (κ3) is 18.9. The molecule has 2 aromatic carbocycles. The van der Waals surface area contributed by atoms with Gasteiger partial charge in [-0.1, -0.05) is 0 Å². The largest absolute Gasteiger partial charge is 0.508 e. The van der Waals surface area contributed by atoms with Gasteiger partial charge in [0.15, 0.2) is 0 Å². The van der Waals surface area contributed by atoms with Gasteiger partial charge in [0.1, 0.15) is 16.9 Å². The minimum absolute atomic E-state index is 0.0248. The van der Waals surface area contributed by atoms with Gasteiger partial charge in [-0.15, -0.1) is 0 Å². The molecular weight excluding hydrogens is 741 g/mol. The van der Waals surface area contributed by atoms with E-state index in [4.69, 9.17) is 28.4 Å². The highest BCUT2D eigenvalue weighted by Gasteiger charge is 2.35. The fraction of sp³-hybridized carbons (Fsp3) is 0.576. The zero-order valence-corrected chi connectivity index (χ0v) is 31.7. The molecule has 20 heteroatoms. The summed E-state index contributed by atoms with van der Waals surface area (Å²) in [4.78, 5) is 25.2. The number of phenols is 2. The van der Waals surface area contributed by atoms with Crippen LogP contribution >= 0.6 is 0 Å². The van der Waals surface area contributed by atoms with Gasteiger partial charge in [-0.2, -0.15) is 0 Å². The number of carbonyl (C=O) groups excluding carboxylic acids is 2. The highest BCUT2D eigenvalue weighted by molar-refractivity contribution is 7.89. The van der Waals surface area contributed by atoms with Gasteiger partial charge in [-0.25, -0.2) is 26.3 Å². The Kier molecular flexibility index (Phi) is 21.4. The van der Waals surface area contributed by atoms with E-state index in [0.717, 1.165) is 0 Å². The molecule has 0 aliphatic heterocycles. The van der Waals surface area contributed by atoms with Gasteiger partial charge in [-0.05, 0) is 62.4 Å². The normalized spacial score (nSPS) is 12.1. The van der Waals surface area contributed by atoms with Crippen LogP contribution in [-0.2, 0) is 58.1 Å². The highest BCUT2D eigenvalue weighted by atomic mass is 32.2. The first-order valence-electron chi connectivity index (χ1n) is 16.9. The SMILES string of the molecule is CC(C)(C(=O)NCCOCCOCCOCCNS(=O)(=O)c1ccc(O)cc1)C(=O)NCCOCCOCCOCCNS(=O)(=O)c1ccc(O)cc1. The predicted octanol–water partition coefficient (Wildman–Crippen LogP) is -0.287. The van der Waals surface area contributed by atoms with Crippen LogP contribution < -0.4 is 20.1 Å². The first kappa shape index (κ1) is 45.7. The molecule has 0 aliphatic carbocycles. The minimum atomic E-state index is -3.69. The van der Waals surface area contributed by atoms with E-state index in [9.17, 15) is 36.6 Å². The number of phenolic OH excluding ortho intramolecular Hbond substituents is 2. The number of benzene rings is 2. The standard InChI is InChI=1S/C33H52N4O14S2/c1-33(2,31(40)34-11-15-46-19-23-50-25-21-48-17-13-36-52(42,43)29-7-3-27(38)4-8-29)32(41)35-12-16-47-20-24-51-26-22-49-18-14-37-53(44,45)30-9-5-28(39)6-10-30/h3-10,36-39H,11-26H2,1-2H3,(H,34,40)(H,35,41). The van der Waals surface area contributed by atoms with Crippen LogP contribution in [0.1, 0.15) is 13.8 Å². The second-order valence-corrected chi connectivity index (χ2v) is 15.1. The number of carbonyl (C=O) groups is 2. The Bertz CT molecular complexity index is 1440. The lowest BCUT2D eigenvalue weighted by atomic mass is 9.91. The number of amides is 2. The number of aromatic hydroxyl groups is 2. The number of nitrogens with one attached hydrogen (secondary N) is 4. The van der Waals surface area contributed by atoms with E-state index in [1.165, 1.54) is 62.4 Å². The average molecular weight is 793 g/mol. The first-order valence-corrected chi connectivity index (χ1v) is 19.8. The molecule has 300 valence electrons. The third-order valence-corrected chi connectivity index (χ3v) is 10.0. The lowest BCUT2D eigenvalue weighted by Crippen LogP contribution is -2.49. The zero-order chi connectivity index (χ0) is 39.0. The van der Waals surface area contributed by atoms with Crippen molar-refractivity contribution in [1.29, 1.82) is 0 Å². The van der Waals surface area contributed by atoms with Gasteiger partial charge in [0.25, 0.3) is 0 Å². The summed E-state index contributed by atoms with van der Waals surface area (Å²) in [5.74, 6) is -0.959. The number of rotatable bonds is 30. The van der Waals surface area contributed by atoms with Crippen molar-refractivity contribution in [3.05, 3.63) is 48.5 Å². The van der Waals surface area contributed by atoms with Crippen LogP contribution in [0, 0.1) is 5.41 Å². The first-order chi connectivity index (χ1) is 25.3. The van der Waals surface area contributed by atoms with Crippen molar-refractivity contribution in [2.45, 2.75) is 23.6 Å². The summed E-state index contributed by atoms with van der Waals surface area (Å²) in [6.45, 7) is 6.54. The van der Waals surface area contributed by atoms with Gasteiger partial charge in [0.05, 0.1) is 89.1 Å². The molecule has 0 aromatic heterocycles. The second-order valence-electron chi connectivity index (χ2n) is 11.6. The topological polar surface area (TPSA) is 246 Å². The van der Waals surface area contributed by atoms with Gasteiger partial charge in [-0.3, -0.25) is 9.59 Å². The molecule has 0 bridgehead atoms. The molecule has 2 amide bonds. The molecule has 0 atom stereocenters. The Morgan fingerprint density at radius 1 is 0.491 bits per heavy atom. The van der Waals surface area contributed by atoms with E-state index in [-0.39, 0.29) is 114 Å². The summed E-state index contributed by atoms with van der Waals surface area (Å²) >= 11 is 0. The van der Waals surface area contributed by atoms with Crippen LogP contribution in [0.2, 0.25) is 0 Å². The summed E-state index contributed by atoms with van der Waals surface area (Å²) in [5.41, 5.74) is -1.32. The van der Waals surface area contributed by atoms with Crippen molar-refractivity contribution >= 4 is 31.9 Å². The lowest BCUT2D eigenvalue weighted by Gasteiger charge is -2.22. The Balaban J connectivity index is 1.37. The quantitative estimate of drug-likeness (QED) is 0.0440. The number of ether oxygens (including phenoxy) is 6. The molecule has 6 N–H and O–H groups in total. The Hall–Kier alpha value is -3.44. The second kappa shape index (κ2) is 24.8. The average Bonchev–Trinajstić information content (AvgIpc) is 3.12. The van der Waals surface area contributed by atoms with Crippen molar-refractivity contribution in [2.24, 2.45) is 5.41 Å². The smallest absolute Gasteiger partial charge is 0.240 e. The van der Waals surface area contributed by atoms with Gasteiger partial charge < -0.3 is 49.3 Å². The highest BCUT2D eigenvalue weighted by Crippen LogP contribution is 2.16. The molecule has 0 heterocycles. The molecule has 0 fully saturated rings. The van der Waals surface area contributed by atoms with E-state index in [2.05, 4.69) is 20.1 Å². The molecule has 2 rings (SSSR count). The summed E-state index contributed by atoms with van der Waals surface area (Å²) in [6, 6.07) is 10.4. The monoisotopic (exact) mass is 792 g/mol. The maximum absolute atomic E-state index is 12.6. The lowest BCUT2D eigenvalue weighted by molar-refractivity contribution is -0.141. The van der Waals surface area contributed by atoms with E-state index in [0.29, 0.717) is 13.2 Å². The molecule has 2 aromatic rings. The van der Waals surface area contributed by atoms with Crippen LogP contribution in [-0.4, -0.2) is 144 Å². The molecule has 0 radical (unpaired) electrons. The van der Waals surface area contributed by atoms with Crippen molar-refractivity contribution < 1.29 is 65.1 Å². The number of sulfonamides is 2. The van der Waals surface area contributed by atoms with Crippen LogP contribution in [0.5, 0.6) is 11.5 Å². The molecule has 53 heavy (non-hydrogen) atoms.